The summed E-state index contributed by atoms with van der Waals surface area (Å²) < 4.78 is 1.70. The maximum absolute atomic E-state index is 12.4. The lowest BCUT2D eigenvalue weighted by Gasteiger charge is -2.11. The summed E-state index contributed by atoms with van der Waals surface area (Å²) in [5, 5.41) is 6.65. The number of carbonyl (C=O) groups is 2. The fourth-order valence-electron chi connectivity index (χ4n) is 2.69. The van der Waals surface area contributed by atoms with Gasteiger partial charge < -0.3 is 5.32 Å². The molecule has 1 heterocycles. The molecule has 0 saturated heterocycles. The van der Waals surface area contributed by atoms with Crippen LogP contribution in [-0.4, -0.2) is 22.8 Å². The molecule has 7 heteroatoms. The molecule has 0 aliphatic carbocycles. The number of aromatic nitrogens is 1. The molecule has 0 bridgehead atoms. The Balaban J connectivity index is 1.63. The first-order chi connectivity index (χ1) is 13.5. The van der Waals surface area contributed by atoms with Crippen LogP contribution in [0.3, 0.4) is 0 Å². The molecule has 7 nitrogen and oxygen atoms in total. The van der Waals surface area contributed by atoms with E-state index in [4.69, 9.17) is 0 Å². The Hall–Kier alpha value is -3.87. The summed E-state index contributed by atoms with van der Waals surface area (Å²) in [5.74, 6) is -0.203. The van der Waals surface area contributed by atoms with Gasteiger partial charge in [0.05, 0.1) is 6.21 Å². The van der Waals surface area contributed by atoms with Crippen molar-refractivity contribution in [3.8, 4) is 0 Å². The fraction of sp³-hybridized carbons (Fsp3) is 0.0952. The molecule has 3 N–H and O–H groups in total. The van der Waals surface area contributed by atoms with Crippen LogP contribution in [0.25, 0.3) is 0 Å². The molecular formula is C21H21N5O2. The van der Waals surface area contributed by atoms with Crippen LogP contribution >= 0.6 is 0 Å². The average Bonchev–Trinajstić information content (AvgIpc) is 2.97. The number of aryl methyl sites for hydroxylation is 1. The summed E-state index contributed by atoms with van der Waals surface area (Å²) in [6.45, 7) is 3.74. The van der Waals surface area contributed by atoms with Crippen LogP contribution in [0, 0.1) is 13.8 Å². The molecule has 0 spiro atoms. The highest BCUT2D eigenvalue weighted by atomic mass is 16.2. The van der Waals surface area contributed by atoms with Crippen LogP contribution in [0.2, 0.25) is 0 Å². The van der Waals surface area contributed by atoms with Crippen molar-refractivity contribution >= 4 is 23.8 Å². The molecule has 1 aromatic heterocycles. The average molecular weight is 375 g/mol. The second-order valence-electron chi connectivity index (χ2n) is 6.16. The lowest BCUT2D eigenvalue weighted by atomic mass is 10.2. The molecule has 0 atom stereocenters. The number of carbonyl (C=O) groups excluding carboxylic acids is 2. The monoisotopic (exact) mass is 375 g/mol. The van der Waals surface area contributed by atoms with Crippen molar-refractivity contribution in [2.45, 2.75) is 13.8 Å². The van der Waals surface area contributed by atoms with Gasteiger partial charge in [0, 0.05) is 28.2 Å². The quantitative estimate of drug-likeness (QED) is 0.470. The van der Waals surface area contributed by atoms with Crippen molar-refractivity contribution < 1.29 is 9.59 Å². The number of hydrazone groups is 1. The zero-order valence-electron chi connectivity index (χ0n) is 15.6. The molecular weight excluding hydrogens is 354 g/mol. The van der Waals surface area contributed by atoms with Gasteiger partial charge in [-0.1, -0.05) is 36.4 Å². The minimum absolute atomic E-state index is 0.203. The van der Waals surface area contributed by atoms with Crippen LogP contribution < -0.4 is 16.2 Å². The minimum Gasteiger partial charge on any atom is -0.307 e. The van der Waals surface area contributed by atoms with Gasteiger partial charge in [-0.05, 0) is 44.2 Å². The number of nitrogens with zero attached hydrogens (tertiary/aromatic N) is 2. The highest BCUT2D eigenvalue weighted by Gasteiger charge is 2.11. The van der Waals surface area contributed by atoms with E-state index < -0.39 is 6.03 Å². The number of hydrogen-bond acceptors (Lipinski definition) is 3. The summed E-state index contributed by atoms with van der Waals surface area (Å²) >= 11 is 0. The normalized spacial score (nSPS) is 10.6. The predicted molar refractivity (Wildman–Crippen MR) is 110 cm³/mol. The van der Waals surface area contributed by atoms with E-state index in [0.717, 1.165) is 17.0 Å². The first-order valence-corrected chi connectivity index (χ1v) is 8.75. The lowest BCUT2D eigenvalue weighted by Crippen LogP contribution is -2.25. The third kappa shape index (κ3) is 4.64. The van der Waals surface area contributed by atoms with Crippen LogP contribution in [0.15, 0.2) is 71.8 Å². The van der Waals surface area contributed by atoms with Crippen molar-refractivity contribution in [2.75, 3.05) is 10.7 Å². The van der Waals surface area contributed by atoms with Gasteiger partial charge >= 0.3 is 6.03 Å². The molecule has 2 aromatic carbocycles. The number of benzene rings is 2. The summed E-state index contributed by atoms with van der Waals surface area (Å²) in [5.41, 5.74) is 8.97. The number of rotatable bonds is 5. The van der Waals surface area contributed by atoms with Crippen LogP contribution in [0.5, 0.6) is 0 Å². The number of nitrogens with one attached hydrogen (secondary N) is 3. The Bertz CT molecular complexity index is 994. The highest BCUT2D eigenvalue weighted by Crippen LogP contribution is 2.12. The van der Waals surface area contributed by atoms with E-state index in [1.165, 1.54) is 6.21 Å². The zero-order chi connectivity index (χ0) is 19.9. The van der Waals surface area contributed by atoms with Crippen molar-refractivity contribution in [1.29, 1.82) is 0 Å². The van der Waals surface area contributed by atoms with Crippen molar-refractivity contribution in [3.05, 3.63) is 89.2 Å². The number of amides is 3. The third-order valence-corrected chi connectivity index (χ3v) is 4.12. The summed E-state index contributed by atoms with van der Waals surface area (Å²) in [6, 6.07) is 19.5. The maximum atomic E-state index is 12.4. The van der Waals surface area contributed by atoms with E-state index in [9.17, 15) is 9.59 Å². The van der Waals surface area contributed by atoms with Gasteiger partial charge in [-0.25, -0.2) is 10.2 Å². The number of hydrogen-bond donors (Lipinski definition) is 3. The summed E-state index contributed by atoms with van der Waals surface area (Å²) in [7, 11) is 0. The molecule has 3 aromatic rings. The number of urea groups is 1. The van der Waals surface area contributed by atoms with Crippen molar-refractivity contribution in [1.82, 2.24) is 10.1 Å². The molecule has 142 valence electrons. The molecule has 28 heavy (non-hydrogen) atoms. The van der Waals surface area contributed by atoms with Gasteiger partial charge in [0.25, 0.3) is 5.91 Å². The lowest BCUT2D eigenvalue weighted by molar-refractivity contribution is 0.101. The van der Waals surface area contributed by atoms with Crippen molar-refractivity contribution in [3.63, 3.8) is 0 Å². The van der Waals surface area contributed by atoms with E-state index in [0.29, 0.717) is 11.3 Å². The van der Waals surface area contributed by atoms with Gasteiger partial charge in [0.1, 0.15) is 0 Å². The van der Waals surface area contributed by atoms with Crippen molar-refractivity contribution in [2.24, 2.45) is 5.10 Å². The van der Waals surface area contributed by atoms with E-state index >= 15 is 0 Å². The van der Waals surface area contributed by atoms with Crippen LogP contribution in [-0.2, 0) is 0 Å². The van der Waals surface area contributed by atoms with Gasteiger partial charge in [0.15, 0.2) is 0 Å². The largest absolute Gasteiger partial charge is 0.339 e. The van der Waals surface area contributed by atoms with E-state index in [1.807, 2.05) is 56.3 Å². The standard InChI is InChI=1S/C21H21N5O2/c1-15-13-18(14-22-24-21(28)23-19-11-7-4-8-12-19)16(2)26(15)25-20(27)17-9-5-3-6-10-17/h3-14H,1-2H3,(H,25,27)(H2,23,24,28)/b22-14+. The second-order valence-corrected chi connectivity index (χ2v) is 6.16. The van der Waals surface area contributed by atoms with Gasteiger partial charge in [-0.3, -0.25) is 14.9 Å². The Morgan fingerprint density at radius 3 is 2.29 bits per heavy atom. The second kappa shape index (κ2) is 8.68. The molecule has 0 saturated carbocycles. The Labute approximate surface area is 163 Å². The Kier molecular flexibility index (Phi) is 5.86. The topological polar surface area (TPSA) is 87.5 Å². The number of anilines is 1. The van der Waals surface area contributed by atoms with Gasteiger partial charge in [-0.15, -0.1) is 0 Å². The molecule has 3 rings (SSSR count). The molecule has 0 aliphatic heterocycles. The van der Waals surface area contributed by atoms with Gasteiger partial charge in [-0.2, -0.15) is 5.10 Å². The SMILES string of the molecule is Cc1cc(/C=N/NC(=O)Nc2ccccc2)c(C)n1NC(=O)c1ccccc1. The Morgan fingerprint density at radius 1 is 0.964 bits per heavy atom. The first kappa shape index (κ1) is 18.9. The molecule has 0 unspecified atom stereocenters. The summed E-state index contributed by atoms with van der Waals surface area (Å²) in [4.78, 5) is 24.2. The highest BCUT2D eigenvalue weighted by molar-refractivity contribution is 6.00. The van der Waals surface area contributed by atoms with E-state index in [2.05, 4.69) is 21.3 Å². The minimum atomic E-state index is -0.436. The fourth-order valence-corrected chi connectivity index (χ4v) is 2.69. The molecule has 3 amide bonds. The van der Waals surface area contributed by atoms with E-state index in [1.54, 1.807) is 28.9 Å². The smallest absolute Gasteiger partial charge is 0.307 e. The zero-order valence-corrected chi connectivity index (χ0v) is 15.6. The Morgan fingerprint density at radius 2 is 1.61 bits per heavy atom. The number of para-hydroxylation sites is 1. The van der Waals surface area contributed by atoms with Crippen LogP contribution in [0.1, 0.15) is 27.3 Å². The predicted octanol–water partition coefficient (Wildman–Crippen LogP) is 3.64. The van der Waals surface area contributed by atoms with Gasteiger partial charge in [0.2, 0.25) is 0 Å². The molecule has 0 aliphatic rings. The van der Waals surface area contributed by atoms with Crippen LogP contribution in [0.4, 0.5) is 10.5 Å². The third-order valence-electron chi connectivity index (χ3n) is 4.12. The van der Waals surface area contributed by atoms with E-state index in [-0.39, 0.29) is 5.91 Å². The molecule has 0 fully saturated rings. The summed E-state index contributed by atoms with van der Waals surface area (Å²) in [6.07, 6.45) is 1.54. The maximum Gasteiger partial charge on any atom is 0.339 e. The molecule has 0 radical (unpaired) electrons. The first-order valence-electron chi connectivity index (χ1n) is 8.75.